The van der Waals surface area contributed by atoms with E-state index in [0.29, 0.717) is 0 Å². The van der Waals surface area contributed by atoms with Crippen LogP contribution in [-0.2, 0) is 22.6 Å². The van der Waals surface area contributed by atoms with Crippen LogP contribution in [-0.4, -0.2) is 18.2 Å². The van der Waals surface area contributed by atoms with Crippen LogP contribution in [0.25, 0.3) is 0 Å². The van der Waals surface area contributed by atoms with Crippen molar-refractivity contribution in [3.63, 3.8) is 0 Å². The second kappa shape index (κ2) is 5.13. The quantitative estimate of drug-likeness (QED) is 0.658. The number of carboxylic acids is 1. The van der Waals surface area contributed by atoms with Gasteiger partial charge >= 0.3 is 5.97 Å². The van der Waals surface area contributed by atoms with E-state index in [1.807, 2.05) is 0 Å². The minimum atomic E-state index is -1.71. The number of carboxylic acid groups (broad SMARTS) is 1. The Morgan fingerprint density at radius 1 is 1.06 bits per heavy atom. The summed E-state index contributed by atoms with van der Waals surface area (Å²) >= 11 is 0. The molecule has 94 valence electrons. The Balaban J connectivity index is 3.41. The standard InChI is InChI=1S/C10H8F4O3/c1-17-3-5-9(13)7(11)4(2-6(15)16)8(12)10(5)14/h2-3H2,1H3,(H,15,16). The first-order valence-electron chi connectivity index (χ1n) is 4.44. The molecule has 0 radical (unpaired) electrons. The highest BCUT2D eigenvalue weighted by atomic mass is 19.2. The zero-order chi connectivity index (χ0) is 13.2. The highest BCUT2D eigenvalue weighted by Crippen LogP contribution is 2.25. The molecular formula is C10H8F4O3. The van der Waals surface area contributed by atoms with E-state index in [1.165, 1.54) is 0 Å². The highest BCUT2D eigenvalue weighted by Gasteiger charge is 2.26. The van der Waals surface area contributed by atoms with E-state index >= 15 is 0 Å². The second-order valence-electron chi connectivity index (χ2n) is 3.22. The monoisotopic (exact) mass is 252 g/mol. The van der Waals surface area contributed by atoms with Gasteiger partial charge in [-0.2, -0.15) is 0 Å². The summed E-state index contributed by atoms with van der Waals surface area (Å²) in [6.45, 7) is -0.654. The molecule has 0 amide bonds. The fourth-order valence-corrected chi connectivity index (χ4v) is 1.30. The van der Waals surface area contributed by atoms with Gasteiger partial charge in [0, 0.05) is 12.7 Å². The minimum absolute atomic E-state index is 0.654. The summed E-state index contributed by atoms with van der Waals surface area (Å²) in [6.07, 6.45) is -1.14. The van der Waals surface area contributed by atoms with Gasteiger partial charge in [0.25, 0.3) is 0 Å². The zero-order valence-electron chi connectivity index (χ0n) is 8.69. The van der Waals surface area contributed by atoms with Crippen LogP contribution in [0.15, 0.2) is 0 Å². The summed E-state index contributed by atoms with van der Waals surface area (Å²) in [5, 5.41) is 8.37. The van der Waals surface area contributed by atoms with Crippen LogP contribution in [0.4, 0.5) is 17.6 Å². The van der Waals surface area contributed by atoms with E-state index in [-0.39, 0.29) is 0 Å². The van der Waals surface area contributed by atoms with Crippen LogP contribution in [0.2, 0.25) is 0 Å². The van der Waals surface area contributed by atoms with Crippen molar-refractivity contribution in [2.45, 2.75) is 13.0 Å². The summed E-state index contributed by atoms with van der Waals surface area (Å²) < 4.78 is 57.5. The van der Waals surface area contributed by atoms with Crippen molar-refractivity contribution >= 4 is 5.97 Å². The molecule has 0 aromatic heterocycles. The van der Waals surface area contributed by atoms with Crippen molar-refractivity contribution in [1.82, 2.24) is 0 Å². The SMILES string of the molecule is COCc1c(F)c(F)c(CC(=O)O)c(F)c1F. The van der Waals surface area contributed by atoms with E-state index < -0.39 is 53.4 Å². The van der Waals surface area contributed by atoms with Gasteiger partial charge < -0.3 is 9.84 Å². The van der Waals surface area contributed by atoms with Crippen molar-refractivity contribution in [1.29, 1.82) is 0 Å². The Labute approximate surface area is 93.6 Å². The van der Waals surface area contributed by atoms with Crippen molar-refractivity contribution in [3.05, 3.63) is 34.4 Å². The minimum Gasteiger partial charge on any atom is -0.481 e. The number of carbonyl (C=O) groups is 1. The normalized spacial score (nSPS) is 10.6. The molecule has 0 bridgehead atoms. The fraction of sp³-hybridized carbons (Fsp3) is 0.300. The molecule has 0 fully saturated rings. The largest absolute Gasteiger partial charge is 0.481 e. The summed E-state index contributed by atoms with van der Waals surface area (Å²) in [6, 6.07) is 0. The molecular weight excluding hydrogens is 244 g/mol. The first kappa shape index (κ1) is 13.4. The molecule has 1 aromatic rings. The molecule has 7 heteroatoms. The van der Waals surface area contributed by atoms with Crippen molar-refractivity contribution in [2.24, 2.45) is 0 Å². The fourth-order valence-electron chi connectivity index (χ4n) is 1.30. The van der Waals surface area contributed by atoms with E-state index in [2.05, 4.69) is 4.74 Å². The molecule has 3 nitrogen and oxygen atoms in total. The first-order chi connectivity index (χ1) is 7.90. The lowest BCUT2D eigenvalue weighted by molar-refractivity contribution is -0.136. The number of ether oxygens (including phenoxy) is 1. The molecule has 0 atom stereocenters. The number of methoxy groups -OCH3 is 1. The molecule has 0 spiro atoms. The van der Waals surface area contributed by atoms with Gasteiger partial charge in [0.05, 0.1) is 18.6 Å². The third kappa shape index (κ3) is 2.55. The van der Waals surface area contributed by atoms with Gasteiger partial charge in [0.15, 0.2) is 23.3 Å². The third-order valence-electron chi connectivity index (χ3n) is 2.06. The van der Waals surface area contributed by atoms with Crippen LogP contribution >= 0.6 is 0 Å². The Morgan fingerprint density at radius 2 is 1.47 bits per heavy atom. The van der Waals surface area contributed by atoms with E-state index in [4.69, 9.17) is 5.11 Å². The molecule has 0 heterocycles. The second-order valence-corrected chi connectivity index (χ2v) is 3.22. The van der Waals surface area contributed by atoms with Crippen LogP contribution in [0.3, 0.4) is 0 Å². The number of halogens is 4. The third-order valence-corrected chi connectivity index (χ3v) is 2.06. The molecule has 0 aliphatic carbocycles. The Morgan fingerprint density at radius 3 is 1.82 bits per heavy atom. The lowest BCUT2D eigenvalue weighted by atomic mass is 10.1. The van der Waals surface area contributed by atoms with Gasteiger partial charge in [0.1, 0.15) is 0 Å². The topological polar surface area (TPSA) is 46.5 Å². The molecule has 0 aliphatic heterocycles. The lowest BCUT2D eigenvalue weighted by Gasteiger charge is -2.10. The van der Waals surface area contributed by atoms with Gasteiger partial charge in [-0.25, -0.2) is 17.6 Å². The van der Waals surface area contributed by atoms with Crippen molar-refractivity contribution < 1.29 is 32.2 Å². The van der Waals surface area contributed by atoms with Crippen LogP contribution < -0.4 is 0 Å². The highest BCUT2D eigenvalue weighted by molar-refractivity contribution is 5.70. The molecule has 0 unspecified atom stereocenters. The van der Waals surface area contributed by atoms with E-state index in [9.17, 15) is 22.4 Å². The van der Waals surface area contributed by atoms with Gasteiger partial charge in [-0.15, -0.1) is 0 Å². The maximum Gasteiger partial charge on any atom is 0.308 e. The number of hydrogen-bond acceptors (Lipinski definition) is 2. The predicted molar refractivity (Wildman–Crippen MR) is 48.3 cm³/mol. The smallest absolute Gasteiger partial charge is 0.308 e. The van der Waals surface area contributed by atoms with Crippen LogP contribution in [0, 0.1) is 23.3 Å². The van der Waals surface area contributed by atoms with E-state index in [1.54, 1.807) is 0 Å². The number of benzene rings is 1. The lowest BCUT2D eigenvalue weighted by Crippen LogP contribution is -2.12. The first-order valence-corrected chi connectivity index (χ1v) is 4.44. The van der Waals surface area contributed by atoms with Crippen LogP contribution in [0.1, 0.15) is 11.1 Å². The molecule has 0 saturated carbocycles. The summed E-state index contributed by atoms with van der Waals surface area (Å²) in [5.74, 6) is -8.29. The summed E-state index contributed by atoms with van der Waals surface area (Å²) in [5.41, 5.74) is -2.05. The number of rotatable bonds is 4. The predicted octanol–water partition coefficient (Wildman–Crippen LogP) is 2.02. The van der Waals surface area contributed by atoms with Gasteiger partial charge in [-0.05, 0) is 0 Å². The van der Waals surface area contributed by atoms with Gasteiger partial charge in [-0.1, -0.05) is 0 Å². The van der Waals surface area contributed by atoms with Gasteiger partial charge in [-0.3, -0.25) is 4.79 Å². The average Bonchev–Trinajstić information content (AvgIpc) is 2.27. The van der Waals surface area contributed by atoms with Crippen molar-refractivity contribution in [3.8, 4) is 0 Å². The maximum absolute atomic E-state index is 13.3. The Bertz CT molecular complexity index is 430. The van der Waals surface area contributed by atoms with Crippen LogP contribution in [0.5, 0.6) is 0 Å². The summed E-state index contributed by atoms with van der Waals surface area (Å²) in [4.78, 5) is 10.3. The zero-order valence-corrected chi connectivity index (χ0v) is 8.69. The van der Waals surface area contributed by atoms with E-state index in [0.717, 1.165) is 7.11 Å². The molecule has 17 heavy (non-hydrogen) atoms. The molecule has 1 aromatic carbocycles. The average molecular weight is 252 g/mol. The number of aliphatic carboxylic acids is 1. The molecule has 1 rings (SSSR count). The Hall–Kier alpha value is -1.63. The molecule has 0 saturated heterocycles. The van der Waals surface area contributed by atoms with Gasteiger partial charge in [0.2, 0.25) is 0 Å². The maximum atomic E-state index is 13.3. The molecule has 1 N–H and O–H groups in total. The molecule has 0 aliphatic rings. The van der Waals surface area contributed by atoms with Crippen molar-refractivity contribution in [2.75, 3.05) is 7.11 Å². The number of hydrogen-bond donors (Lipinski definition) is 1. The Kier molecular flexibility index (Phi) is 4.06. The summed E-state index contributed by atoms with van der Waals surface area (Å²) in [7, 11) is 1.10.